The van der Waals surface area contributed by atoms with E-state index in [0.29, 0.717) is 0 Å². The monoisotopic (exact) mass is 213 g/mol. The summed E-state index contributed by atoms with van der Waals surface area (Å²) < 4.78 is 35.6. The minimum Gasteiger partial charge on any atom is -0.388 e. The Morgan fingerprint density at radius 2 is 1.50 bits per heavy atom. The van der Waals surface area contributed by atoms with Gasteiger partial charge in [-0.25, -0.2) is 0 Å². The molecular weight excluding hydrogens is 199 g/mol. The van der Waals surface area contributed by atoms with Gasteiger partial charge in [0.25, 0.3) is 0 Å². The maximum absolute atomic E-state index is 11.9. The number of hydrogen-bond acceptors (Lipinski definition) is 2. The molecule has 0 unspecified atom stereocenters. The summed E-state index contributed by atoms with van der Waals surface area (Å²) in [7, 11) is 0. The molecule has 0 aliphatic rings. The fourth-order valence-electron chi connectivity index (χ4n) is 0.508. The summed E-state index contributed by atoms with van der Waals surface area (Å²) in [6.45, 7) is 5.28. The molecule has 0 aromatic carbocycles. The van der Waals surface area contributed by atoms with E-state index in [1.54, 1.807) is 5.32 Å². The van der Waals surface area contributed by atoms with Crippen LogP contribution in [0.5, 0.6) is 0 Å². The number of carbonyl (C=O) groups excluding carboxylic acids is 1. The molecule has 14 heavy (non-hydrogen) atoms. The van der Waals surface area contributed by atoms with Crippen LogP contribution in [0.15, 0.2) is 0 Å². The molecule has 6 heteroatoms. The van der Waals surface area contributed by atoms with E-state index in [-0.39, 0.29) is 0 Å². The highest BCUT2D eigenvalue weighted by Gasteiger charge is 2.45. The number of halogens is 3. The van der Waals surface area contributed by atoms with E-state index >= 15 is 0 Å². The van der Waals surface area contributed by atoms with Crippen molar-refractivity contribution in [2.45, 2.75) is 45.0 Å². The molecule has 0 radical (unpaired) electrons. The Morgan fingerprint density at radius 1 is 1.14 bits per heavy atom. The van der Waals surface area contributed by atoms with Crippen LogP contribution in [-0.4, -0.2) is 28.3 Å². The maximum atomic E-state index is 11.9. The number of amides is 1. The summed E-state index contributed by atoms with van der Waals surface area (Å²) in [5, 5.41) is 11.2. The highest BCUT2D eigenvalue weighted by molar-refractivity contribution is 5.82. The van der Waals surface area contributed by atoms with Crippen molar-refractivity contribution in [2.75, 3.05) is 0 Å². The number of nitrogens with one attached hydrogen (secondary N) is 1. The van der Waals surface area contributed by atoms with E-state index in [9.17, 15) is 23.1 Å². The first kappa shape index (κ1) is 13.2. The molecule has 0 fully saturated rings. The lowest BCUT2D eigenvalue weighted by molar-refractivity contribution is -0.178. The van der Waals surface area contributed by atoms with Crippen LogP contribution in [0.4, 0.5) is 13.2 Å². The predicted octanol–water partition coefficient (Wildman–Crippen LogP) is 1.21. The first-order chi connectivity index (χ1) is 5.88. The highest BCUT2D eigenvalue weighted by atomic mass is 19.4. The second kappa shape index (κ2) is 3.42. The van der Waals surface area contributed by atoms with Crippen molar-refractivity contribution in [1.82, 2.24) is 5.32 Å². The summed E-state index contributed by atoms with van der Waals surface area (Å²) in [6, 6.07) is 0. The summed E-state index contributed by atoms with van der Waals surface area (Å²) >= 11 is 0. The van der Waals surface area contributed by atoms with Crippen LogP contribution in [0.25, 0.3) is 0 Å². The molecule has 0 heterocycles. The van der Waals surface area contributed by atoms with Crippen LogP contribution in [0, 0.1) is 0 Å². The first-order valence-electron chi connectivity index (χ1n) is 3.99. The lowest BCUT2D eigenvalue weighted by Gasteiger charge is -2.38. The highest BCUT2D eigenvalue weighted by Crippen LogP contribution is 2.23. The molecule has 0 rings (SSSR count). The topological polar surface area (TPSA) is 49.3 Å². The Balaban J connectivity index is 4.62. The van der Waals surface area contributed by atoms with Crippen molar-refractivity contribution >= 4 is 5.91 Å². The molecule has 0 aromatic heterocycles. The molecule has 84 valence electrons. The second-order valence-electron chi connectivity index (χ2n) is 4.14. The number of carbonyl (C=O) groups is 1. The average molecular weight is 213 g/mol. The van der Waals surface area contributed by atoms with Crippen LogP contribution >= 0.6 is 0 Å². The van der Waals surface area contributed by atoms with Crippen LogP contribution in [0.3, 0.4) is 0 Å². The van der Waals surface area contributed by atoms with Gasteiger partial charge in [0.05, 0.1) is 11.1 Å². The van der Waals surface area contributed by atoms with Crippen LogP contribution in [0.2, 0.25) is 0 Å². The summed E-state index contributed by atoms with van der Waals surface area (Å²) in [6.07, 6.45) is -4.93. The normalized spacial score (nSPS) is 14.0. The Labute approximate surface area is 80.3 Å². The van der Waals surface area contributed by atoms with Crippen LogP contribution < -0.4 is 5.32 Å². The van der Waals surface area contributed by atoms with Gasteiger partial charge in [0, 0.05) is 0 Å². The zero-order valence-electron chi connectivity index (χ0n) is 8.49. The number of rotatable bonds is 2. The maximum Gasteiger partial charge on any atom is 0.471 e. The van der Waals surface area contributed by atoms with E-state index in [2.05, 4.69) is 0 Å². The third kappa shape index (κ3) is 3.17. The van der Waals surface area contributed by atoms with Crippen molar-refractivity contribution < 1.29 is 23.1 Å². The Bertz CT molecular complexity index is 228. The van der Waals surface area contributed by atoms with Crippen molar-refractivity contribution in [1.29, 1.82) is 0 Å². The van der Waals surface area contributed by atoms with Gasteiger partial charge in [0.2, 0.25) is 0 Å². The average Bonchev–Trinajstić information content (AvgIpc) is 1.80. The largest absolute Gasteiger partial charge is 0.471 e. The molecule has 0 aromatic rings. The van der Waals surface area contributed by atoms with Gasteiger partial charge in [-0.3, -0.25) is 4.79 Å². The SMILES string of the molecule is CC(C)(O)C(C)(C)NC(=O)C(F)(F)F. The minimum absolute atomic E-state index is 1.32. The molecule has 0 atom stereocenters. The number of hydrogen-bond donors (Lipinski definition) is 2. The Hall–Kier alpha value is -0.780. The van der Waals surface area contributed by atoms with E-state index in [1.165, 1.54) is 27.7 Å². The molecular formula is C8H14F3NO2. The molecule has 2 N–H and O–H groups in total. The molecule has 0 aliphatic heterocycles. The van der Waals surface area contributed by atoms with E-state index in [0.717, 1.165) is 0 Å². The third-order valence-corrected chi connectivity index (χ3v) is 2.21. The van der Waals surface area contributed by atoms with Gasteiger partial charge in [-0.1, -0.05) is 0 Å². The second-order valence-corrected chi connectivity index (χ2v) is 4.14. The van der Waals surface area contributed by atoms with Gasteiger partial charge < -0.3 is 10.4 Å². The third-order valence-electron chi connectivity index (χ3n) is 2.21. The van der Waals surface area contributed by atoms with E-state index < -0.39 is 23.2 Å². The number of alkyl halides is 3. The summed E-state index contributed by atoms with van der Waals surface area (Å²) in [4.78, 5) is 10.6. The van der Waals surface area contributed by atoms with Gasteiger partial charge in [-0.05, 0) is 27.7 Å². The van der Waals surface area contributed by atoms with Gasteiger partial charge in [0.15, 0.2) is 0 Å². The summed E-state index contributed by atoms with van der Waals surface area (Å²) in [5.41, 5.74) is -2.78. The zero-order chi connectivity index (χ0) is 11.8. The van der Waals surface area contributed by atoms with Gasteiger partial charge >= 0.3 is 12.1 Å². The molecule has 0 spiro atoms. The van der Waals surface area contributed by atoms with Gasteiger partial charge in [-0.15, -0.1) is 0 Å². The van der Waals surface area contributed by atoms with Crippen molar-refractivity contribution in [3.63, 3.8) is 0 Å². The molecule has 3 nitrogen and oxygen atoms in total. The fourth-order valence-corrected chi connectivity index (χ4v) is 0.508. The number of aliphatic hydroxyl groups is 1. The molecule has 0 bridgehead atoms. The van der Waals surface area contributed by atoms with Crippen LogP contribution in [-0.2, 0) is 4.79 Å². The Kier molecular flexibility index (Phi) is 3.23. The zero-order valence-corrected chi connectivity index (χ0v) is 8.49. The van der Waals surface area contributed by atoms with Gasteiger partial charge in [0.1, 0.15) is 0 Å². The molecule has 0 saturated carbocycles. The van der Waals surface area contributed by atoms with E-state index in [1.807, 2.05) is 0 Å². The molecule has 0 aliphatic carbocycles. The first-order valence-corrected chi connectivity index (χ1v) is 3.99. The minimum atomic E-state index is -4.93. The van der Waals surface area contributed by atoms with Crippen molar-refractivity contribution in [2.24, 2.45) is 0 Å². The Morgan fingerprint density at radius 3 is 1.71 bits per heavy atom. The molecule has 1 amide bonds. The summed E-state index contributed by atoms with van der Waals surface area (Å²) in [5.74, 6) is -2.05. The van der Waals surface area contributed by atoms with Crippen molar-refractivity contribution in [3.8, 4) is 0 Å². The fraction of sp³-hybridized carbons (Fsp3) is 0.875. The van der Waals surface area contributed by atoms with Crippen molar-refractivity contribution in [3.05, 3.63) is 0 Å². The van der Waals surface area contributed by atoms with Crippen LogP contribution in [0.1, 0.15) is 27.7 Å². The van der Waals surface area contributed by atoms with Gasteiger partial charge in [-0.2, -0.15) is 13.2 Å². The molecule has 0 saturated heterocycles. The standard InChI is InChI=1S/C8H14F3NO2/c1-6(2,7(3,4)14)12-5(13)8(9,10)11/h14H,1-4H3,(H,12,13). The lowest BCUT2D eigenvalue weighted by atomic mass is 9.86. The smallest absolute Gasteiger partial charge is 0.388 e. The lowest BCUT2D eigenvalue weighted by Crippen LogP contribution is -2.60. The predicted molar refractivity (Wildman–Crippen MR) is 44.6 cm³/mol. The quantitative estimate of drug-likeness (QED) is 0.724. The van der Waals surface area contributed by atoms with E-state index in [4.69, 9.17) is 0 Å².